The van der Waals surface area contributed by atoms with Gasteiger partial charge in [0, 0.05) is 5.69 Å². The first-order valence-corrected chi connectivity index (χ1v) is 7.97. The number of pyridine rings is 1. The number of hydrogen-bond acceptors (Lipinski definition) is 3. The highest BCUT2D eigenvalue weighted by Crippen LogP contribution is 2.31. The molecule has 20 heavy (non-hydrogen) atoms. The maximum atomic E-state index is 6.32. The summed E-state index contributed by atoms with van der Waals surface area (Å²) in [5.41, 5.74) is 4.06. The molecule has 0 aliphatic carbocycles. The van der Waals surface area contributed by atoms with E-state index in [1.165, 1.54) is 5.56 Å². The first-order chi connectivity index (χ1) is 9.58. The van der Waals surface area contributed by atoms with Gasteiger partial charge in [-0.2, -0.15) is 11.3 Å². The van der Waals surface area contributed by atoms with Gasteiger partial charge in [-0.25, -0.2) is 9.97 Å². The molecule has 0 saturated heterocycles. The Labute approximate surface area is 127 Å². The monoisotopic (exact) mass is 305 g/mol. The van der Waals surface area contributed by atoms with Crippen molar-refractivity contribution in [1.29, 1.82) is 0 Å². The van der Waals surface area contributed by atoms with Crippen LogP contribution in [0.25, 0.3) is 11.2 Å². The Hall–Kier alpha value is -1.39. The number of halogens is 1. The standard InChI is InChI=1S/C15H16ClN3S/c1-9-4-5-13-15(17-9)19(14(18-13)10(2)16)11(3)12-6-7-20-8-12/h4-8,10-11H,1-3H3. The van der Waals surface area contributed by atoms with Crippen molar-refractivity contribution in [3.63, 3.8) is 0 Å². The van der Waals surface area contributed by atoms with Crippen molar-refractivity contribution in [3.05, 3.63) is 46.0 Å². The summed E-state index contributed by atoms with van der Waals surface area (Å²) >= 11 is 8.02. The van der Waals surface area contributed by atoms with Gasteiger partial charge in [0.05, 0.1) is 11.4 Å². The molecule has 0 fully saturated rings. The quantitative estimate of drug-likeness (QED) is 0.656. The van der Waals surface area contributed by atoms with Gasteiger partial charge in [0.15, 0.2) is 5.65 Å². The number of thiophene rings is 1. The van der Waals surface area contributed by atoms with Gasteiger partial charge in [-0.1, -0.05) is 0 Å². The minimum absolute atomic E-state index is 0.148. The van der Waals surface area contributed by atoms with Crippen LogP contribution in [0.2, 0.25) is 0 Å². The lowest BCUT2D eigenvalue weighted by Crippen LogP contribution is -2.11. The predicted octanol–water partition coefficient (Wildman–Crippen LogP) is 4.71. The normalized spacial score (nSPS) is 14.6. The fraction of sp³-hybridized carbons (Fsp3) is 0.333. The molecular weight excluding hydrogens is 290 g/mol. The highest BCUT2D eigenvalue weighted by molar-refractivity contribution is 7.07. The summed E-state index contributed by atoms with van der Waals surface area (Å²) in [5.74, 6) is 0.874. The third-order valence-corrected chi connectivity index (χ3v) is 4.37. The first kappa shape index (κ1) is 13.6. The molecule has 0 aromatic carbocycles. The van der Waals surface area contributed by atoms with Crippen molar-refractivity contribution in [2.75, 3.05) is 0 Å². The van der Waals surface area contributed by atoms with Gasteiger partial charge in [0.2, 0.25) is 0 Å². The highest BCUT2D eigenvalue weighted by atomic mass is 35.5. The van der Waals surface area contributed by atoms with Crippen LogP contribution in [0.4, 0.5) is 0 Å². The molecule has 104 valence electrons. The number of fused-ring (bicyclic) bond motifs is 1. The summed E-state index contributed by atoms with van der Waals surface area (Å²) in [6, 6.07) is 6.31. The molecule has 0 spiro atoms. The maximum Gasteiger partial charge on any atom is 0.160 e. The Kier molecular flexibility index (Phi) is 3.52. The molecule has 0 N–H and O–H groups in total. The van der Waals surface area contributed by atoms with Crippen molar-refractivity contribution in [3.8, 4) is 0 Å². The van der Waals surface area contributed by atoms with Gasteiger partial charge < -0.3 is 4.57 Å². The van der Waals surface area contributed by atoms with E-state index in [1.807, 2.05) is 26.0 Å². The molecule has 0 aliphatic rings. The molecule has 0 bridgehead atoms. The van der Waals surface area contributed by atoms with Crippen molar-refractivity contribution < 1.29 is 0 Å². The van der Waals surface area contributed by atoms with E-state index in [-0.39, 0.29) is 11.4 Å². The Balaban J connectivity index is 2.25. The minimum atomic E-state index is -0.148. The molecule has 0 radical (unpaired) electrons. The summed E-state index contributed by atoms with van der Waals surface area (Å²) in [4.78, 5) is 9.31. The number of aryl methyl sites for hydroxylation is 1. The lowest BCUT2D eigenvalue weighted by molar-refractivity contribution is 0.615. The van der Waals surface area contributed by atoms with Gasteiger partial charge in [0.25, 0.3) is 0 Å². The molecule has 2 unspecified atom stereocenters. The van der Waals surface area contributed by atoms with Crippen molar-refractivity contribution in [2.45, 2.75) is 32.2 Å². The Bertz CT molecular complexity index is 731. The lowest BCUT2D eigenvalue weighted by Gasteiger charge is -2.17. The Morgan fingerprint density at radius 3 is 2.65 bits per heavy atom. The second kappa shape index (κ2) is 5.19. The molecule has 3 nitrogen and oxygen atoms in total. The number of imidazole rings is 1. The van der Waals surface area contributed by atoms with Crippen LogP contribution in [-0.4, -0.2) is 14.5 Å². The minimum Gasteiger partial charge on any atom is -0.304 e. The Morgan fingerprint density at radius 1 is 1.20 bits per heavy atom. The third kappa shape index (κ3) is 2.23. The van der Waals surface area contributed by atoms with Gasteiger partial charge in [-0.3, -0.25) is 0 Å². The number of aromatic nitrogens is 3. The zero-order valence-electron chi connectivity index (χ0n) is 11.7. The smallest absolute Gasteiger partial charge is 0.160 e. The van der Waals surface area contributed by atoms with Gasteiger partial charge in [-0.15, -0.1) is 11.6 Å². The highest BCUT2D eigenvalue weighted by Gasteiger charge is 2.21. The van der Waals surface area contributed by atoms with Crippen LogP contribution in [0, 0.1) is 6.92 Å². The summed E-state index contributed by atoms with van der Waals surface area (Å²) in [7, 11) is 0. The second-order valence-corrected chi connectivity index (χ2v) is 6.42. The molecular formula is C15H16ClN3S. The van der Waals surface area contributed by atoms with E-state index < -0.39 is 0 Å². The summed E-state index contributed by atoms with van der Waals surface area (Å²) in [5, 5.41) is 4.10. The fourth-order valence-corrected chi connectivity index (χ4v) is 3.31. The fourth-order valence-electron chi connectivity index (χ4n) is 2.41. The molecule has 3 aromatic rings. The summed E-state index contributed by atoms with van der Waals surface area (Å²) in [6.45, 7) is 6.11. The third-order valence-electron chi connectivity index (χ3n) is 3.47. The molecule has 3 aromatic heterocycles. The van der Waals surface area contributed by atoms with Crippen molar-refractivity contribution in [1.82, 2.24) is 14.5 Å². The number of hydrogen-bond donors (Lipinski definition) is 0. The topological polar surface area (TPSA) is 30.7 Å². The molecule has 3 heterocycles. The maximum absolute atomic E-state index is 6.32. The number of nitrogens with zero attached hydrogens (tertiary/aromatic N) is 3. The van der Waals surface area contributed by atoms with Crippen LogP contribution in [0.1, 0.15) is 42.3 Å². The first-order valence-electron chi connectivity index (χ1n) is 6.59. The van der Waals surface area contributed by atoms with E-state index in [0.717, 1.165) is 22.7 Å². The zero-order valence-corrected chi connectivity index (χ0v) is 13.2. The van der Waals surface area contributed by atoms with E-state index in [4.69, 9.17) is 11.6 Å². The molecule has 0 aliphatic heterocycles. The van der Waals surface area contributed by atoms with E-state index in [2.05, 4.69) is 38.3 Å². The van der Waals surface area contributed by atoms with E-state index in [1.54, 1.807) is 11.3 Å². The van der Waals surface area contributed by atoms with Gasteiger partial charge >= 0.3 is 0 Å². The van der Waals surface area contributed by atoms with E-state index in [0.29, 0.717) is 0 Å². The molecule has 5 heteroatoms. The second-order valence-electron chi connectivity index (χ2n) is 4.98. The number of rotatable bonds is 3. The number of alkyl halides is 1. The van der Waals surface area contributed by atoms with Crippen LogP contribution in [0.3, 0.4) is 0 Å². The van der Waals surface area contributed by atoms with Crippen LogP contribution < -0.4 is 0 Å². The Morgan fingerprint density at radius 2 is 2.00 bits per heavy atom. The predicted molar refractivity (Wildman–Crippen MR) is 84.7 cm³/mol. The average molecular weight is 306 g/mol. The van der Waals surface area contributed by atoms with Gasteiger partial charge in [-0.05, 0) is 55.3 Å². The summed E-state index contributed by atoms with van der Waals surface area (Å²) < 4.78 is 2.15. The van der Waals surface area contributed by atoms with Crippen LogP contribution in [-0.2, 0) is 0 Å². The van der Waals surface area contributed by atoms with Crippen LogP contribution in [0.5, 0.6) is 0 Å². The van der Waals surface area contributed by atoms with Crippen LogP contribution in [0.15, 0.2) is 29.0 Å². The van der Waals surface area contributed by atoms with Gasteiger partial charge in [0.1, 0.15) is 11.3 Å². The molecule has 0 amide bonds. The SMILES string of the molecule is Cc1ccc2nc(C(C)Cl)n(C(C)c3ccsc3)c2n1. The molecule has 2 atom stereocenters. The average Bonchev–Trinajstić information content (AvgIpc) is 3.04. The largest absolute Gasteiger partial charge is 0.304 e. The zero-order chi connectivity index (χ0) is 14.3. The lowest BCUT2D eigenvalue weighted by atomic mass is 10.1. The summed E-state index contributed by atoms with van der Waals surface area (Å²) in [6.07, 6.45) is 0. The van der Waals surface area contributed by atoms with E-state index in [9.17, 15) is 0 Å². The van der Waals surface area contributed by atoms with Crippen molar-refractivity contribution >= 4 is 34.1 Å². The molecule has 3 rings (SSSR count). The molecule has 0 saturated carbocycles. The van der Waals surface area contributed by atoms with Crippen LogP contribution >= 0.6 is 22.9 Å². The van der Waals surface area contributed by atoms with Crippen molar-refractivity contribution in [2.24, 2.45) is 0 Å². The van der Waals surface area contributed by atoms with E-state index >= 15 is 0 Å².